The topological polar surface area (TPSA) is 102 Å². The molecule has 0 amide bonds. The largest absolute Gasteiger partial charge is 0.382 e. The second-order valence-corrected chi connectivity index (χ2v) is 10.2. The van der Waals surface area contributed by atoms with Crippen LogP contribution in [0.3, 0.4) is 0 Å². The summed E-state index contributed by atoms with van der Waals surface area (Å²) in [6.45, 7) is 1.24. The number of methoxy groups -OCH3 is 1. The molecule has 42 heavy (non-hydrogen) atoms. The zero-order valence-corrected chi connectivity index (χ0v) is 23.4. The molecule has 1 fully saturated rings. The molecule has 6 rings (SSSR count). The first kappa shape index (κ1) is 28.0. The molecule has 9 nitrogen and oxygen atoms in total. The van der Waals surface area contributed by atoms with Gasteiger partial charge in [0, 0.05) is 7.11 Å². The normalized spacial score (nSPS) is 22.4. The Labute approximate surface area is 244 Å². The minimum Gasteiger partial charge on any atom is -0.382 e. The zero-order valence-electron chi connectivity index (χ0n) is 23.4. The predicted octanol–water partition coefficient (Wildman–Crippen LogP) is 4.90. The number of ether oxygens (including phenoxy) is 5. The average molecular weight is 567 g/mol. The van der Waals surface area contributed by atoms with Crippen LogP contribution in [0.2, 0.25) is 0 Å². The van der Waals surface area contributed by atoms with Crippen molar-refractivity contribution >= 4 is 11.3 Å². The lowest BCUT2D eigenvalue weighted by molar-refractivity contribution is -0.362. The Balaban J connectivity index is 1.39. The summed E-state index contributed by atoms with van der Waals surface area (Å²) in [5.74, 6) is -1.04. The number of nitrogens with two attached hydrogens (primary N) is 1. The van der Waals surface area contributed by atoms with Crippen molar-refractivity contribution in [3.8, 4) is 0 Å². The Bertz CT molecular complexity index is 1570. The molecule has 1 unspecified atom stereocenters. The second kappa shape index (κ2) is 12.8. The maximum atomic E-state index is 6.72. The first-order chi connectivity index (χ1) is 20.7. The van der Waals surface area contributed by atoms with Gasteiger partial charge in [-0.25, -0.2) is 9.50 Å². The second-order valence-electron chi connectivity index (χ2n) is 10.2. The molecule has 4 atom stereocenters. The molecule has 5 aromatic rings. The van der Waals surface area contributed by atoms with Crippen LogP contribution in [-0.4, -0.2) is 46.6 Å². The van der Waals surface area contributed by atoms with Gasteiger partial charge >= 0.3 is 0 Å². The Hall–Kier alpha value is -4.12. The number of aromatic nitrogens is 3. The van der Waals surface area contributed by atoms with Crippen molar-refractivity contribution in [2.75, 3.05) is 19.5 Å². The van der Waals surface area contributed by atoms with Gasteiger partial charge in [-0.3, -0.25) is 0 Å². The van der Waals surface area contributed by atoms with Crippen molar-refractivity contribution in [1.82, 2.24) is 14.6 Å². The van der Waals surface area contributed by atoms with Crippen LogP contribution in [0, 0.1) is 0 Å². The van der Waals surface area contributed by atoms with E-state index in [9.17, 15) is 0 Å². The van der Waals surface area contributed by atoms with Crippen molar-refractivity contribution < 1.29 is 23.7 Å². The van der Waals surface area contributed by atoms with Crippen LogP contribution in [0.4, 0.5) is 5.82 Å². The van der Waals surface area contributed by atoms with Gasteiger partial charge < -0.3 is 29.4 Å². The van der Waals surface area contributed by atoms with E-state index in [0.29, 0.717) is 36.8 Å². The monoisotopic (exact) mass is 566 g/mol. The molecule has 1 saturated heterocycles. The van der Waals surface area contributed by atoms with Crippen LogP contribution in [0.25, 0.3) is 5.52 Å². The fraction of sp³-hybridized carbons (Fsp3) is 0.273. The quantitative estimate of drug-likeness (QED) is 0.241. The fourth-order valence-electron chi connectivity index (χ4n) is 5.36. The summed E-state index contributed by atoms with van der Waals surface area (Å²) in [6, 6.07) is 33.8. The van der Waals surface area contributed by atoms with Gasteiger partial charge in [0.25, 0.3) is 0 Å². The number of fused-ring (bicyclic) bond motifs is 1. The van der Waals surface area contributed by atoms with Crippen LogP contribution < -0.4 is 5.73 Å². The number of benzene rings is 3. The third-order valence-electron chi connectivity index (χ3n) is 7.51. The van der Waals surface area contributed by atoms with E-state index in [2.05, 4.69) is 10.1 Å². The van der Waals surface area contributed by atoms with Gasteiger partial charge in [0.15, 0.2) is 5.82 Å². The number of hydrogen-bond acceptors (Lipinski definition) is 8. The van der Waals surface area contributed by atoms with Crippen LogP contribution in [0.15, 0.2) is 109 Å². The molecular formula is C33H34N4O5. The van der Waals surface area contributed by atoms with Crippen molar-refractivity contribution in [2.45, 2.75) is 43.9 Å². The van der Waals surface area contributed by atoms with Crippen molar-refractivity contribution in [3.05, 3.63) is 132 Å². The molecule has 2 N–H and O–H groups in total. The number of rotatable bonds is 11. The molecule has 0 saturated carbocycles. The van der Waals surface area contributed by atoms with Crippen molar-refractivity contribution in [3.63, 3.8) is 0 Å². The lowest BCUT2D eigenvalue weighted by Crippen LogP contribution is -2.62. The molecule has 9 heteroatoms. The minimum absolute atomic E-state index is 0.194. The number of hydrogen-bond donors (Lipinski definition) is 1. The molecule has 2 aromatic heterocycles. The van der Waals surface area contributed by atoms with Crippen molar-refractivity contribution in [1.29, 1.82) is 0 Å². The smallest absolute Gasteiger partial charge is 0.242 e. The molecule has 0 spiro atoms. The maximum Gasteiger partial charge on any atom is 0.242 e. The number of nitrogens with zero attached hydrogens (tertiary/aromatic N) is 3. The van der Waals surface area contributed by atoms with E-state index < -0.39 is 24.1 Å². The van der Waals surface area contributed by atoms with Gasteiger partial charge in [0.2, 0.25) is 5.79 Å². The Morgan fingerprint density at radius 3 is 1.95 bits per heavy atom. The lowest BCUT2D eigenvalue weighted by Gasteiger charge is -2.48. The minimum atomic E-state index is -1.39. The van der Waals surface area contributed by atoms with E-state index in [0.717, 1.165) is 16.7 Å². The highest BCUT2D eigenvalue weighted by Crippen LogP contribution is 2.42. The first-order valence-electron chi connectivity index (χ1n) is 13.9. The van der Waals surface area contributed by atoms with E-state index in [-0.39, 0.29) is 6.61 Å². The summed E-state index contributed by atoms with van der Waals surface area (Å²) < 4.78 is 34.4. The van der Waals surface area contributed by atoms with E-state index in [1.54, 1.807) is 11.6 Å². The Morgan fingerprint density at radius 1 is 0.786 bits per heavy atom. The molecule has 1 aliphatic rings. The molecule has 3 aromatic carbocycles. The van der Waals surface area contributed by atoms with Gasteiger partial charge in [0.05, 0.1) is 26.4 Å². The van der Waals surface area contributed by atoms with E-state index in [1.165, 1.54) is 6.33 Å². The highest BCUT2D eigenvalue weighted by Gasteiger charge is 2.56. The van der Waals surface area contributed by atoms with E-state index in [1.807, 2.05) is 103 Å². The van der Waals surface area contributed by atoms with Crippen LogP contribution in [0.5, 0.6) is 0 Å². The first-order valence-corrected chi connectivity index (χ1v) is 13.9. The van der Waals surface area contributed by atoms with Crippen molar-refractivity contribution in [2.24, 2.45) is 0 Å². The maximum absolute atomic E-state index is 6.72. The molecule has 1 aliphatic heterocycles. The standard InChI is InChI=1S/C33H34N4O5/c1-38-33(29-18-17-27-32(34)35-23-36-37(27)29)31(41-21-26-15-9-4-10-16-26)30(40-20-25-13-7-3-8-14-25)28(22-42-33)39-19-24-11-5-2-6-12-24/h2-18,23,28,30-31H,19-22H2,1H3,(H2,34,35,36)/t28-,30-,31-,33?/m1/s1. The molecule has 0 bridgehead atoms. The SMILES string of the molecule is COC1(c2ccc3c(N)ncnn23)OC[C@@H](OCc2ccccc2)[C@@H](OCc2ccccc2)[C@H]1OCc1ccccc1. The lowest BCUT2D eigenvalue weighted by atomic mass is 9.93. The highest BCUT2D eigenvalue weighted by molar-refractivity contribution is 5.65. The van der Waals surface area contributed by atoms with Crippen LogP contribution >= 0.6 is 0 Å². The Morgan fingerprint density at radius 2 is 1.36 bits per heavy atom. The summed E-state index contributed by atoms with van der Waals surface area (Å²) >= 11 is 0. The third-order valence-corrected chi connectivity index (χ3v) is 7.51. The van der Waals surface area contributed by atoms with E-state index >= 15 is 0 Å². The van der Waals surface area contributed by atoms with Crippen LogP contribution in [-0.2, 0) is 49.3 Å². The molecule has 216 valence electrons. The average Bonchev–Trinajstić information content (AvgIpc) is 3.49. The zero-order chi connectivity index (χ0) is 28.8. The summed E-state index contributed by atoms with van der Waals surface area (Å²) in [6.07, 6.45) is -0.373. The molecule has 0 radical (unpaired) electrons. The van der Waals surface area contributed by atoms with Gasteiger partial charge in [-0.2, -0.15) is 5.10 Å². The third kappa shape index (κ3) is 5.78. The van der Waals surface area contributed by atoms with Gasteiger partial charge in [0.1, 0.15) is 35.8 Å². The number of anilines is 1. The van der Waals surface area contributed by atoms with Gasteiger partial charge in [-0.1, -0.05) is 91.0 Å². The molecule has 3 heterocycles. The summed E-state index contributed by atoms with van der Waals surface area (Å²) in [5, 5.41) is 4.47. The molecule has 0 aliphatic carbocycles. The molecular weight excluding hydrogens is 532 g/mol. The fourth-order valence-corrected chi connectivity index (χ4v) is 5.36. The Kier molecular flexibility index (Phi) is 8.55. The van der Waals surface area contributed by atoms with E-state index in [4.69, 9.17) is 29.4 Å². The number of nitrogen functional groups attached to an aromatic ring is 1. The summed E-state index contributed by atoms with van der Waals surface area (Å²) in [5.41, 5.74) is 10.5. The highest BCUT2D eigenvalue weighted by atomic mass is 16.7. The summed E-state index contributed by atoms with van der Waals surface area (Å²) in [7, 11) is 1.60. The summed E-state index contributed by atoms with van der Waals surface area (Å²) in [4.78, 5) is 4.14. The van der Waals surface area contributed by atoms with Gasteiger partial charge in [-0.15, -0.1) is 0 Å². The van der Waals surface area contributed by atoms with Gasteiger partial charge in [-0.05, 0) is 28.8 Å². The van der Waals surface area contributed by atoms with Crippen LogP contribution in [0.1, 0.15) is 22.4 Å². The predicted molar refractivity (Wildman–Crippen MR) is 157 cm³/mol.